The van der Waals surface area contributed by atoms with E-state index in [0.29, 0.717) is 0 Å². The smallest absolute Gasteiger partial charge is 1.00 e. The zero-order valence-electron chi connectivity index (χ0n) is 13.3. The molecule has 0 aliphatic carbocycles. The van der Waals surface area contributed by atoms with Gasteiger partial charge in [0, 0.05) is 27.7 Å². The summed E-state index contributed by atoms with van der Waals surface area (Å²) >= 11 is 0. The summed E-state index contributed by atoms with van der Waals surface area (Å²) in [6.45, 7) is 4.33. The van der Waals surface area contributed by atoms with Crippen molar-refractivity contribution in [3.05, 3.63) is 0 Å². The standard InChI is InChI=1S/4C2H4O2.BH3O3.Li.H/c4*1-2(3)4;2-1(3)4;;/h4*1H3,(H,3,4);2-4H;;/q;;;;;+1;-1. The molecule has 13 heteroatoms. The maximum Gasteiger partial charge on any atom is 1.00 e. The number of carboxylic acid groups (broad SMARTS) is 4. The molecule has 0 aliphatic rings. The van der Waals surface area contributed by atoms with Crippen molar-refractivity contribution >= 4 is 31.2 Å². The summed E-state index contributed by atoms with van der Waals surface area (Å²) in [6.07, 6.45) is 0. The van der Waals surface area contributed by atoms with Crippen molar-refractivity contribution in [2.45, 2.75) is 27.7 Å². The Morgan fingerprint density at radius 2 is 0.619 bits per heavy atom. The Hall–Kier alpha value is -1.58. The Bertz CT molecular complexity index is 208. The van der Waals surface area contributed by atoms with E-state index in [1.165, 1.54) is 0 Å². The van der Waals surface area contributed by atoms with Gasteiger partial charge in [0.2, 0.25) is 0 Å². The summed E-state index contributed by atoms with van der Waals surface area (Å²) in [4.78, 5) is 36.0. The van der Waals surface area contributed by atoms with Gasteiger partial charge < -0.3 is 36.9 Å². The third-order valence-electron chi connectivity index (χ3n) is 0. The quantitative estimate of drug-likeness (QED) is 0.212. The van der Waals surface area contributed by atoms with E-state index >= 15 is 0 Å². The van der Waals surface area contributed by atoms with Crippen LogP contribution >= 0.6 is 0 Å². The molecule has 0 fully saturated rings. The minimum atomic E-state index is -2.17. The van der Waals surface area contributed by atoms with Crippen LogP contribution in [-0.4, -0.2) is 66.7 Å². The van der Waals surface area contributed by atoms with Crippen molar-refractivity contribution < 1.29 is 75.0 Å². The molecule has 0 aromatic heterocycles. The van der Waals surface area contributed by atoms with Gasteiger partial charge in [0.05, 0.1) is 0 Å². The second kappa shape index (κ2) is 31.0. The molecule has 0 unspecified atom stereocenters. The maximum absolute atomic E-state index is 9.00. The number of rotatable bonds is 0. The van der Waals surface area contributed by atoms with E-state index in [9.17, 15) is 0 Å². The molecule has 21 heavy (non-hydrogen) atoms. The fourth-order valence-corrected chi connectivity index (χ4v) is 0. The van der Waals surface area contributed by atoms with Gasteiger partial charge in [-0.05, 0) is 0 Å². The predicted octanol–water partition coefficient (Wildman–Crippen LogP) is -4.57. The van der Waals surface area contributed by atoms with Gasteiger partial charge in [-0.2, -0.15) is 0 Å². The maximum atomic E-state index is 9.00. The first-order chi connectivity index (χ1) is 8.66. The van der Waals surface area contributed by atoms with Gasteiger partial charge in [-0.15, -0.1) is 0 Å². The van der Waals surface area contributed by atoms with Crippen LogP contribution in [0.5, 0.6) is 0 Å². The molecule has 0 amide bonds. The van der Waals surface area contributed by atoms with Crippen molar-refractivity contribution in [1.82, 2.24) is 0 Å². The fraction of sp³-hybridized carbons (Fsp3) is 0.500. The second-order valence-electron chi connectivity index (χ2n) is 2.42. The van der Waals surface area contributed by atoms with Crippen molar-refractivity contribution in [3.8, 4) is 0 Å². The van der Waals surface area contributed by atoms with Crippen molar-refractivity contribution in [2.75, 3.05) is 0 Å². The molecule has 7 N–H and O–H groups in total. The molecule has 0 rings (SSSR count). The first-order valence-electron chi connectivity index (χ1n) is 4.49. The largest absolute Gasteiger partial charge is 1.00 e. The van der Waals surface area contributed by atoms with E-state index in [0.717, 1.165) is 27.7 Å². The molecule has 0 saturated heterocycles. The number of carbonyl (C=O) groups is 4. The normalized spacial score (nSPS) is 6.05. The van der Waals surface area contributed by atoms with E-state index in [2.05, 4.69) is 0 Å². The molecule has 0 aromatic rings. The Morgan fingerprint density at radius 3 is 0.619 bits per heavy atom. The summed E-state index contributed by atoms with van der Waals surface area (Å²) in [5.74, 6) is -3.33. The molecule has 0 aliphatic heterocycles. The Labute approximate surface area is 134 Å². The zero-order chi connectivity index (χ0) is 17.9. The van der Waals surface area contributed by atoms with Crippen LogP contribution in [0.3, 0.4) is 0 Å². The SMILES string of the molecule is CC(=O)O.CC(=O)O.CC(=O)O.CC(=O)O.OB(O)O.[H-].[Li+]. The summed E-state index contributed by atoms with van der Waals surface area (Å²) in [5, 5.41) is 51.2. The van der Waals surface area contributed by atoms with Gasteiger partial charge in [0.15, 0.2) is 0 Å². The predicted molar refractivity (Wildman–Crippen MR) is 66.8 cm³/mol. The van der Waals surface area contributed by atoms with Crippen LogP contribution in [0.1, 0.15) is 29.1 Å². The third-order valence-corrected chi connectivity index (χ3v) is 0. The summed E-state index contributed by atoms with van der Waals surface area (Å²) < 4.78 is 0. The number of hydrogen-bond acceptors (Lipinski definition) is 7. The van der Waals surface area contributed by atoms with Crippen molar-refractivity contribution in [2.24, 2.45) is 0 Å². The average molecular weight is 310 g/mol. The molecule has 0 bridgehead atoms. The zero-order valence-corrected chi connectivity index (χ0v) is 12.3. The van der Waals surface area contributed by atoms with Gasteiger partial charge in [-0.3, -0.25) is 19.2 Å². The van der Waals surface area contributed by atoms with E-state index in [4.69, 9.17) is 54.7 Å². The molecule has 11 nitrogen and oxygen atoms in total. The second-order valence-corrected chi connectivity index (χ2v) is 2.42. The summed E-state index contributed by atoms with van der Waals surface area (Å²) in [5.41, 5.74) is 0. The van der Waals surface area contributed by atoms with Gasteiger partial charge in [0.1, 0.15) is 0 Å². The first kappa shape index (κ1) is 36.6. The first-order valence-corrected chi connectivity index (χ1v) is 4.49. The van der Waals surface area contributed by atoms with Crippen LogP contribution in [0.4, 0.5) is 0 Å². The summed E-state index contributed by atoms with van der Waals surface area (Å²) in [7, 11) is -2.17. The minimum Gasteiger partial charge on any atom is -1.00 e. The van der Waals surface area contributed by atoms with Crippen LogP contribution in [0.15, 0.2) is 0 Å². The molecular formula is C8H20BLiO11. The van der Waals surface area contributed by atoms with Crippen LogP contribution in [0, 0.1) is 0 Å². The Morgan fingerprint density at radius 1 is 0.619 bits per heavy atom. The Balaban J connectivity index is -0.0000000250. The van der Waals surface area contributed by atoms with Gasteiger partial charge >= 0.3 is 26.2 Å². The van der Waals surface area contributed by atoms with Crippen LogP contribution < -0.4 is 18.9 Å². The molecular weight excluding hydrogens is 290 g/mol. The number of aliphatic carboxylic acids is 4. The molecule has 0 heterocycles. The van der Waals surface area contributed by atoms with Crippen molar-refractivity contribution in [1.29, 1.82) is 0 Å². The van der Waals surface area contributed by atoms with Crippen LogP contribution in [-0.2, 0) is 19.2 Å². The third kappa shape index (κ3) is 2000. The van der Waals surface area contributed by atoms with E-state index in [1.54, 1.807) is 0 Å². The Kier molecular flexibility index (Phi) is 54.1. The number of hydrogen-bond donors (Lipinski definition) is 7. The van der Waals surface area contributed by atoms with Crippen LogP contribution in [0.2, 0.25) is 0 Å². The minimum absolute atomic E-state index is 0. The number of carboxylic acids is 4. The molecule has 0 saturated carbocycles. The molecule has 0 radical (unpaired) electrons. The van der Waals surface area contributed by atoms with Gasteiger partial charge in [-0.1, -0.05) is 0 Å². The molecule has 122 valence electrons. The van der Waals surface area contributed by atoms with E-state index < -0.39 is 31.2 Å². The summed E-state index contributed by atoms with van der Waals surface area (Å²) in [6, 6.07) is 0. The van der Waals surface area contributed by atoms with E-state index in [-0.39, 0.29) is 20.3 Å². The molecule has 0 spiro atoms. The monoisotopic (exact) mass is 310 g/mol. The van der Waals surface area contributed by atoms with Gasteiger partial charge in [-0.25, -0.2) is 0 Å². The van der Waals surface area contributed by atoms with Crippen molar-refractivity contribution in [3.63, 3.8) is 0 Å². The van der Waals surface area contributed by atoms with Crippen LogP contribution in [0.25, 0.3) is 0 Å². The molecule has 0 atom stereocenters. The topological polar surface area (TPSA) is 210 Å². The fourth-order valence-electron chi connectivity index (χ4n) is 0. The molecule has 0 aromatic carbocycles. The van der Waals surface area contributed by atoms with E-state index in [1.807, 2.05) is 0 Å². The van der Waals surface area contributed by atoms with Gasteiger partial charge in [0.25, 0.3) is 23.9 Å². The average Bonchev–Trinajstić information content (AvgIpc) is 1.94.